The molecular formula is C39H41N3NaO6S2+. The molecule has 0 bridgehead atoms. The van der Waals surface area contributed by atoms with E-state index in [1.165, 1.54) is 23.4 Å². The van der Waals surface area contributed by atoms with Crippen molar-refractivity contribution in [3.8, 4) is 0 Å². The number of hydrogen-bond donors (Lipinski definition) is 1. The molecule has 0 saturated carbocycles. The Kier molecular flexibility index (Phi) is 15.8. The van der Waals surface area contributed by atoms with E-state index in [1.807, 2.05) is 38.4 Å². The molecular weight excluding hydrogens is 694 g/mol. The van der Waals surface area contributed by atoms with Gasteiger partial charge in [-0.15, -0.1) is 18.2 Å². The van der Waals surface area contributed by atoms with Crippen LogP contribution in [0.2, 0.25) is 0 Å². The molecule has 0 fully saturated rings. The molecule has 0 amide bonds. The molecule has 1 N–H and O–H groups in total. The van der Waals surface area contributed by atoms with E-state index in [0.29, 0.717) is 6.54 Å². The van der Waals surface area contributed by atoms with Crippen molar-refractivity contribution in [3.05, 3.63) is 155 Å². The Labute approximate surface area is 325 Å². The summed E-state index contributed by atoms with van der Waals surface area (Å²) in [4.78, 5) is 4.44. The zero-order valence-corrected chi connectivity index (χ0v) is 33.2. The van der Waals surface area contributed by atoms with Crippen LogP contribution in [0.5, 0.6) is 0 Å². The third kappa shape index (κ3) is 12.0. The van der Waals surface area contributed by atoms with E-state index in [1.54, 1.807) is 6.07 Å². The van der Waals surface area contributed by atoms with E-state index in [4.69, 9.17) is 12.6 Å². The first-order chi connectivity index (χ1) is 23.9. The average molecular weight is 735 g/mol. The monoisotopic (exact) mass is 734 g/mol. The van der Waals surface area contributed by atoms with Crippen LogP contribution in [0, 0.1) is 6.07 Å². The third-order valence-corrected chi connectivity index (χ3v) is 9.04. The Morgan fingerprint density at radius 3 is 1.67 bits per heavy atom. The second-order valence-corrected chi connectivity index (χ2v) is 13.5. The summed E-state index contributed by atoms with van der Waals surface area (Å²) in [7, 11) is -3.28. The van der Waals surface area contributed by atoms with E-state index >= 15 is 0 Å². The average Bonchev–Trinajstić information content (AvgIpc) is 3.10. The Morgan fingerprint density at radius 1 is 0.745 bits per heavy atom. The SMILES string of the molecule is CCN(Cc1c[c-]ccc1)c1ccc(C(=C2C=CC(=[N+](C)C)C=C2)c2ccc(N(CC)Cc3cccc(S(=O)(=O)O)c3)cc2)cc1.O=S(=O)=O.[Na+]. The van der Waals surface area contributed by atoms with Crippen molar-refractivity contribution >= 4 is 43.4 Å². The minimum absolute atomic E-state index is 0. The van der Waals surface area contributed by atoms with Crippen molar-refractivity contribution < 1.29 is 59.7 Å². The third-order valence-electron chi connectivity index (χ3n) is 8.19. The molecule has 1 aliphatic rings. The topological polar surface area (TPSA) is 115 Å². The summed E-state index contributed by atoms with van der Waals surface area (Å²) >= 11 is 0. The van der Waals surface area contributed by atoms with Gasteiger partial charge in [-0.3, -0.25) is 4.55 Å². The van der Waals surface area contributed by atoms with Crippen LogP contribution in [0.3, 0.4) is 0 Å². The van der Waals surface area contributed by atoms with E-state index in [0.717, 1.165) is 58.9 Å². The zero-order chi connectivity index (χ0) is 36.3. The standard InChI is InChI=1S/C39H41N3O3S.Na.O3S/c1-5-41(28-30-11-8-7-9-12-30)36-23-17-33(18-24-36)39(32-15-21-35(22-16-32)40(3)4)34-19-25-37(26-20-34)42(6-2)29-31-13-10-14-38(27-31)46(43,44)45;;1-4(2)3/h7-8,10-27H,5-6,28-29H2,1-4H3,(H,43,44,45);;/q;+1;. The summed E-state index contributed by atoms with van der Waals surface area (Å²) < 4.78 is 60.3. The number of allylic oxidation sites excluding steroid dienone is 5. The van der Waals surface area contributed by atoms with E-state index in [-0.39, 0.29) is 34.5 Å². The molecule has 0 radical (unpaired) electrons. The van der Waals surface area contributed by atoms with Crippen LogP contribution in [-0.4, -0.2) is 63.1 Å². The molecule has 5 rings (SSSR count). The molecule has 9 nitrogen and oxygen atoms in total. The second-order valence-electron chi connectivity index (χ2n) is 11.7. The Balaban J connectivity index is 0.00000133. The minimum Gasteiger partial charge on any atom is -0.379 e. The van der Waals surface area contributed by atoms with Crippen molar-refractivity contribution in [3.63, 3.8) is 0 Å². The van der Waals surface area contributed by atoms with Gasteiger partial charge in [0.2, 0.25) is 0 Å². The molecule has 260 valence electrons. The first kappa shape index (κ1) is 41.3. The first-order valence-electron chi connectivity index (χ1n) is 16.0. The van der Waals surface area contributed by atoms with Crippen LogP contribution < -0.4 is 39.4 Å². The number of rotatable bonds is 11. The van der Waals surface area contributed by atoms with Gasteiger partial charge >= 0.3 is 40.2 Å². The summed E-state index contributed by atoms with van der Waals surface area (Å²) in [5, 5.41) is 0. The van der Waals surface area contributed by atoms with Crippen molar-refractivity contribution in [2.75, 3.05) is 37.0 Å². The summed E-state index contributed by atoms with van der Waals surface area (Å²) in [6, 6.07) is 35.1. The fraction of sp³-hybridized carbons (Fsp3) is 0.205. The summed E-state index contributed by atoms with van der Waals surface area (Å²) in [6.07, 6.45) is 8.65. The molecule has 0 aromatic heterocycles. The molecule has 0 aliphatic heterocycles. The Hall–Kier alpha value is -4.10. The van der Waals surface area contributed by atoms with Crippen molar-refractivity contribution in [1.82, 2.24) is 0 Å². The molecule has 0 atom stereocenters. The van der Waals surface area contributed by atoms with Gasteiger partial charge in [0.1, 0.15) is 14.1 Å². The van der Waals surface area contributed by atoms with Gasteiger partial charge in [-0.2, -0.15) is 38.7 Å². The minimum atomic E-state index is -4.26. The Morgan fingerprint density at radius 2 is 1.24 bits per heavy atom. The van der Waals surface area contributed by atoms with E-state index in [9.17, 15) is 13.0 Å². The molecule has 4 aromatic rings. The summed E-state index contributed by atoms with van der Waals surface area (Å²) in [5.41, 5.74) is 9.89. The van der Waals surface area contributed by atoms with E-state index in [2.05, 4.69) is 113 Å². The molecule has 0 saturated heterocycles. The Bertz CT molecular complexity index is 2100. The number of benzene rings is 4. The molecule has 12 heteroatoms. The quantitative estimate of drug-likeness (QED) is 0.108. The van der Waals surface area contributed by atoms with Gasteiger partial charge in [0.25, 0.3) is 10.1 Å². The van der Waals surface area contributed by atoms with Gasteiger partial charge in [-0.25, -0.2) is 4.58 Å². The molecule has 0 heterocycles. The molecule has 0 unspecified atom stereocenters. The van der Waals surface area contributed by atoms with Crippen molar-refractivity contribution in [1.29, 1.82) is 0 Å². The summed E-state index contributed by atoms with van der Waals surface area (Å²) in [6.45, 7) is 7.21. The molecule has 0 spiro atoms. The molecule has 4 aromatic carbocycles. The van der Waals surface area contributed by atoms with Crippen LogP contribution in [0.15, 0.2) is 132 Å². The zero-order valence-electron chi connectivity index (χ0n) is 29.5. The molecule has 1 aliphatic carbocycles. The fourth-order valence-corrected chi connectivity index (χ4v) is 6.20. The van der Waals surface area contributed by atoms with Crippen LogP contribution in [0.1, 0.15) is 36.1 Å². The number of nitrogens with zero attached hydrogens (tertiary/aromatic N) is 3. The largest absolute Gasteiger partial charge is 1.00 e. The molecule has 51 heavy (non-hydrogen) atoms. The van der Waals surface area contributed by atoms with Gasteiger partial charge in [-0.1, -0.05) is 36.4 Å². The van der Waals surface area contributed by atoms with Crippen LogP contribution in [0.25, 0.3) is 5.57 Å². The maximum absolute atomic E-state index is 11.7. The predicted molar refractivity (Wildman–Crippen MR) is 199 cm³/mol. The van der Waals surface area contributed by atoms with Crippen molar-refractivity contribution in [2.24, 2.45) is 0 Å². The van der Waals surface area contributed by atoms with Crippen LogP contribution in [-0.2, 0) is 33.8 Å². The van der Waals surface area contributed by atoms with Crippen LogP contribution in [0.4, 0.5) is 11.4 Å². The van der Waals surface area contributed by atoms with Gasteiger partial charge < -0.3 is 9.80 Å². The number of anilines is 2. The normalized spacial score (nSPS) is 11.9. The first-order valence-corrected chi connectivity index (χ1v) is 18.5. The van der Waals surface area contributed by atoms with Crippen molar-refractivity contribution in [2.45, 2.75) is 31.8 Å². The fourth-order valence-electron chi connectivity index (χ4n) is 5.65. The van der Waals surface area contributed by atoms with Crippen LogP contribution >= 0.6 is 0 Å². The van der Waals surface area contributed by atoms with Gasteiger partial charge in [0.15, 0.2) is 5.71 Å². The van der Waals surface area contributed by atoms with Gasteiger partial charge in [-0.05, 0) is 96.8 Å². The van der Waals surface area contributed by atoms with Gasteiger partial charge in [0, 0.05) is 43.2 Å². The maximum Gasteiger partial charge on any atom is 1.00 e. The maximum atomic E-state index is 11.7. The smallest absolute Gasteiger partial charge is 0.379 e. The number of hydrogen-bond acceptors (Lipinski definition) is 7. The van der Waals surface area contributed by atoms with E-state index < -0.39 is 20.7 Å². The summed E-state index contributed by atoms with van der Waals surface area (Å²) in [5.74, 6) is 0. The predicted octanol–water partition coefficient (Wildman–Crippen LogP) is 3.43. The second kappa shape index (κ2) is 19.5. The van der Waals surface area contributed by atoms with Gasteiger partial charge in [0.05, 0.1) is 4.90 Å².